The molecule has 3 nitrogen and oxygen atoms in total. The summed E-state index contributed by atoms with van der Waals surface area (Å²) in [6.07, 6.45) is -3.42. The SMILES string of the molecule is CCCCC1=C(c2cccs2)O[C@]1(C(=O)OCC)C(F)(F)F. The number of ether oxygens (including phenoxy) is 2. The molecule has 7 heteroatoms. The van der Waals surface area contributed by atoms with Crippen LogP contribution in [0.3, 0.4) is 0 Å². The molecule has 0 saturated heterocycles. The van der Waals surface area contributed by atoms with Crippen LogP contribution in [-0.4, -0.2) is 24.4 Å². The summed E-state index contributed by atoms with van der Waals surface area (Å²) >= 11 is 1.28. The van der Waals surface area contributed by atoms with Gasteiger partial charge in [0, 0.05) is 5.57 Å². The number of unbranched alkanes of at least 4 members (excludes halogenated alkanes) is 1. The monoisotopic (exact) mass is 334 g/mol. The molecular weight excluding hydrogens is 317 g/mol. The molecule has 0 radical (unpaired) electrons. The van der Waals surface area contributed by atoms with Crippen LogP contribution in [0.1, 0.15) is 38.0 Å². The van der Waals surface area contributed by atoms with Gasteiger partial charge in [-0.2, -0.15) is 13.2 Å². The van der Waals surface area contributed by atoms with Gasteiger partial charge in [-0.05, 0) is 31.2 Å². The average Bonchev–Trinajstić information content (AvgIpc) is 2.90. The number of thiophene rings is 1. The number of carbonyl (C=O) groups excluding carboxylic acids is 1. The van der Waals surface area contributed by atoms with Gasteiger partial charge in [-0.25, -0.2) is 4.79 Å². The van der Waals surface area contributed by atoms with Crippen molar-refractivity contribution in [3.63, 3.8) is 0 Å². The van der Waals surface area contributed by atoms with E-state index in [2.05, 4.69) is 4.74 Å². The third kappa shape index (κ3) is 2.62. The number of carbonyl (C=O) groups is 1. The summed E-state index contributed by atoms with van der Waals surface area (Å²) in [6.45, 7) is 3.22. The molecule has 0 fully saturated rings. The van der Waals surface area contributed by atoms with Crippen molar-refractivity contribution in [3.05, 3.63) is 28.0 Å². The molecule has 0 aliphatic carbocycles. The predicted octanol–water partition coefficient (Wildman–Crippen LogP) is 4.54. The minimum atomic E-state index is -4.84. The summed E-state index contributed by atoms with van der Waals surface area (Å²) < 4.78 is 50.4. The molecule has 1 aliphatic rings. The number of esters is 1. The molecule has 22 heavy (non-hydrogen) atoms. The first kappa shape index (κ1) is 16.9. The highest BCUT2D eigenvalue weighted by atomic mass is 32.1. The molecule has 2 rings (SSSR count). The molecule has 1 aliphatic heterocycles. The fourth-order valence-electron chi connectivity index (χ4n) is 2.38. The van der Waals surface area contributed by atoms with Crippen LogP contribution < -0.4 is 0 Å². The number of hydrogen-bond donors (Lipinski definition) is 0. The fourth-order valence-corrected chi connectivity index (χ4v) is 3.11. The molecule has 0 aromatic carbocycles. The second-order valence-electron chi connectivity index (χ2n) is 4.89. The average molecular weight is 334 g/mol. The molecule has 1 aromatic rings. The van der Waals surface area contributed by atoms with Crippen molar-refractivity contribution in [2.45, 2.75) is 44.9 Å². The van der Waals surface area contributed by atoms with Crippen molar-refractivity contribution in [1.29, 1.82) is 0 Å². The van der Waals surface area contributed by atoms with Gasteiger partial charge in [0.25, 0.3) is 0 Å². The summed E-state index contributed by atoms with van der Waals surface area (Å²) in [5.74, 6) is -1.22. The van der Waals surface area contributed by atoms with Gasteiger partial charge in [-0.1, -0.05) is 19.4 Å². The molecule has 0 unspecified atom stereocenters. The molecule has 2 heterocycles. The van der Waals surface area contributed by atoms with E-state index in [0.29, 0.717) is 11.3 Å². The Morgan fingerprint density at radius 3 is 2.64 bits per heavy atom. The number of hydrogen-bond acceptors (Lipinski definition) is 4. The highest BCUT2D eigenvalue weighted by molar-refractivity contribution is 7.11. The summed E-state index contributed by atoms with van der Waals surface area (Å²) in [7, 11) is 0. The second kappa shape index (κ2) is 6.32. The van der Waals surface area contributed by atoms with Crippen LogP contribution in [0.25, 0.3) is 5.76 Å². The minimum absolute atomic E-state index is 0.0252. The van der Waals surface area contributed by atoms with Gasteiger partial charge in [0.05, 0.1) is 11.5 Å². The zero-order valence-corrected chi connectivity index (χ0v) is 13.1. The van der Waals surface area contributed by atoms with Gasteiger partial charge in [0.1, 0.15) is 5.76 Å². The van der Waals surface area contributed by atoms with Gasteiger partial charge in [-0.3, -0.25) is 0 Å². The standard InChI is InChI=1S/C15H17F3O3S/c1-3-5-7-10-12(11-8-6-9-22-11)21-14(10,15(16,17)18)13(19)20-4-2/h6,8-9H,3-5,7H2,1-2H3/t14-/m1/s1. The first-order chi connectivity index (χ1) is 10.4. The number of alkyl halides is 3. The Morgan fingerprint density at radius 2 is 2.14 bits per heavy atom. The normalized spacial score (nSPS) is 21.3. The highest BCUT2D eigenvalue weighted by Crippen LogP contribution is 2.55. The Hall–Kier alpha value is -1.50. The van der Waals surface area contributed by atoms with E-state index in [1.807, 2.05) is 6.92 Å². The largest absolute Gasteiger partial charge is 0.463 e. The van der Waals surface area contributed by atoms with Crippen molar-refractivity contribution >= 4 is 23.1 Å². The van der Waals surface area contributed by atoms with Gasteiger partial charge in [-0.15, -0.1) is 11.3 Å². The lowest BCUT2D eigenvalue weighted by Crippen LogP contribution is -2.61. The topological polar surface area (TPSA) is 35.5 Å². The fraction of sp³-hybridized carbons (Fsp3) is 0.533. The van der Waals surface area contributed by atoms with Crippen LogP contribution in [0, 0.1) is 0 Å². The molecule has 1 atom stereocenters. The van der Waals surface area contributed by atoms with Crippen LogP contribution in [0.4, 0.5) is 13.2 Å². The van der Waals surface area contributed by atoms with E-state index in [1.54, 1.807) is 17.5 Å². The lowest BCUT2D eigenvalue weighted by atomic mass is 9.82. The van der Waals surface area contributed by atoms with Crippen LogP contribution in [0.15, 0.2) is 23.1 Å². The first-order valence-electron chi connectivity index (χ1n) is 7.09. The number of halogens is 3. The van der Waals surface area contributed by atoms with Crippen molar-refractivity contribution in [2.24, 2.45) is 0 Å². The van der Waals surface area contributed by atoms with E-state index >= 15 is 0 Å². The maximum Gasteiger partial charge on any atom is 0.443 e. The van der Waals surface area contributed by atoms with Crippen molar-refractivity contribution in [3.8, 4) is 0 Å². The lowest BCUT2D eigenvalue weighted by molar-refractivity contribution is -0.259. The van der Waals surface area contributed by atoms with Crippen molar-refractivity contribution in [2.75, 3.05) is 6.61 Å². The summed E-state index contributed by atoms with van der Waals surface area (Å²) in [5, 5.41) is 1.75. The molecule has 0 spiro atoms. The molecule has 1 aromatic heterocycles. The Kier molecular flexibility index (Phi) is 4.84. The highest BCUT2D eigenvalue weighted by Gasteiger charge is 2.72. The van der Waals surface area contributed by atoms with Crippen LogP contribution in [0.2, 0.25) is 0 Å². The second-order valence-corrected chi connectivity index (χ2v) is 5.84. The summed E-state index contributed by atoms with van der Waals surface area (Å²) in [6, 6.07) is 3.41. The van der Waals surface area contributed by atoms with Gasteiger partial charge >= 0.3 is 17.7 Å². The van der Waals surface area contributed by atoms with Crippen LogP contribution >= 0.6 is 11.3 Å². The predicted molar refractivity (Wildman–Crippen MR) is 77.3 cm³/mol. The molecule has 0 saturated carbocycles. The summed E-state index contributed by atoms with van der Waals surface area (Å²) in [5.41, 5.74) is -2.97. The third-order valence-electron chi connectivity index (χ3n) is 3.44. The maximum absolute atomic E-state index is 13.6. The van der Waals surface area contributed by atoms with Gasteiger partial charge in [0.2, 0.25) is 0 Å². The van der Waals surface area contributed by atoms with E-state index in [-0.39, 0.29) is 24.4 Å². The lowest BCUT2D eigenvalue weighted by Gasteiger charge is -2.44. The van der Waals surface area contributed by atoms with Gasteiger partial charge in [0.15, 0.2) is 0 Å². The molecule has 0 amide bonds. The smallest absolute Gasteiger partial charge is 0.443 e. The van der Waals surface area contributed by atoms with E-state index in [9.17, 15) is 18.0 Å². The van der Waals surface area contributed by atoms with Crippen LogP contribution in [0.5, 0.6) is 0 Å². The third-order valence-corrected chi connectivity index (χ3v) is 4.31. The first-order valence-corrected chi connectivity index (χ1v) is 7.96. The molecule has 122 valence electrons. The van der Waals surface area contributed by atoms with E-state index in [4.69, 9.17) is 4.74 Å². The number of rotatable bonds is 6. The minimum Gasteiger partial charge on any atom is -0.463 e. The summed E-state index contributed by atoms with van der Waals surface area (Å²) in [4.78, 5) is 12.6. The van der Waals surface area contributed by atoms with E-state index in [1.165, 1.54) is 18.3 Å². The van der Waals surface area contributed by atoms with E-state index in [0.717, 1.165) is 6.42 Å². The van der Waals surface area contributed by atoms with Crippen LogP contribution in [-0.2, 0) is 14.3 Å². The zero-order chi connectivity index (χ0) is 16.4. The Morgan fingerprint density at radius 1 is 1.41 bits per heavy atom. The van der Waals surface area contributed by atoms with E-state index < -0.39 is 17.7 Å². The quantitative estimate of drug-likeness (QED) is 0.716. The van der Waals surface area contributed by atoms with Gasteiger partial charge < -0.3 is 9.47 Å². The van der Waals surface area contributed by atoms with Crippen molar-refractivity contribution in [1.82, 2.24) is 0 Å². The Balaban J connectivity index is 2.48. The molecule has 0 bridgehead atoms. The Bertz CT molecular complexity index is 563. The zero-order valence-electron chi connectivity index (χ0n) is 12.3. The Labute approximate surface area is 130 Å². The molecular formula is C15H17F3O3S. The molecule has 0 N–H and O–H groups in total. The maximum atomic E-state index is 13.6. The van der Waals surface area contributed by atoms with Crippen molar-refractivity contribution < 1.29 is 27.4 Å².